The average Bonchev–Trinajstić information content (AvgIpc) is 2.82. The minimum absolute atomic E-state index is 0.124. The van der Waals surface area contributed by atoms with Gasteiger partial charge in [0.05, 0.1) is 66.1 Å². The van der Waals surface area contributed by atoms with Crippen LogP contribution >= 0.6 is 0 Å². The van der Waals surface area contributed by atoms with Crippen LogP contribution in [0.5, 0.6) is 0 Å². The van der Waals surface area contributed by atoms with E-state index in [9.17, 15) is 4.79 Å². The van der Waals surface area contributed by atoms with Crippen molar-refractivity contribution in [2.24, 2.45) is 0 Å². The second-order valence-electron chi connectivity index (χ2n) is 8.66. The van der Waals surface area contributed by atoms with Crippen LogP contribution in [0, 0.1) is 0 Å². The maximum absolute atomic E-state index is 11.7. The molecule has 0 atom stereocenters. The van der Waals surface area contributed by atoms with Crippen molar-refractivity contribution in [3.05, 3.63) is 0 Å². The highest BCUT2D eigenvalue weighted by atomic mass is 16.6. The molecule has 0 unspecified atom stereocenters. The Morgan fingerprint density at radius 2 is 0.912 bits per heavy atom. The molecule has 8 nitrogen and oxygen atoms in total. The van der Waals surface area contributed by atoms with Crippen LogP contribution in [0.15, 0.2) is 0 Å². The summed E-state index contributed by atoms with van der Waals surface area (Å²) in [7, 11) is 4.04. The molecule has 0 aromatic carbocycles. The van der Waals surface area contributed by atoms with Gasteiger partial charge < -0.3 is 33.3 Å². The fourth-order valence-corrected chi connectivity index (χ4v) is 3.10. The van der Waals surface area contributed by atoms with Gasteiger partial charge in [-0.25, -0.2) is 0 Å². The van der Waals surface area contributed by atoms with Crippen molar-refractivity contribution in [3.8, 4) is 0 Å². The molecule has 0 saturated heterocycles. The third-order valence-corrected chi connectivity index (χ3v) is 5.15. The summed E-state index contributed by atoms with van der Waals surface area (Å²) in [6.07, 6.45) is 11.7. The van der Waals surface area contributed by atoms with Gasteiger partial charge in [-0.1, -0.05) is 58.3 Å². The van der Waals surface area contributed by atoms with Crippen molar-refractivity contribution in [3.63, 3.8) is 0 Å². The third kappa shape index (κ3) is 29.3. The number of likely N-dealkylation sites (N-methyl/N-ethyl adjacent to an activating group) is 1. The molecule has 204 valence electrons. The van der Waals surface area contributed by atoms with Gasteiger partial charge in [-0.2, -0.15) is 0 Å². The number of carbonyl (C=O) groups is 1. The molecule has 0 fully saturated rings. The zero-order valence-electron chi connectivity index (χ0n) is 22.4. The van der Waals surface area contributed by atoms with Crippen molar-refractivity contribution in [2.75, 3.05) is 93.3 Å². The maximum Gasteiger partial charge on any atom is 0.305 e. The Morgan fingerprint density at radius 3 is 1.35 bits per heavy atom. The Labute approximate surface area is 208 Å². The third-order valence-electron chi connectivity index (χ3n) is 5.15. The minimum atomic E-state index is -0.124. The summed E-state index contributed by atoms with van der Waals surface area (Å²) in [5.41, 5.74) is 0. The number of hydrogen-bond acceptors (Lipinski definition) is 8. The number of carbonyl (C=O) groups excluding carboxylic acids is 1. The quantitative estimate of drug-likeness (QED) is 0.120. The van der Waals surface area contributed by atoms with Crippen LogP contribution < -0.4 is 0 Å². The summed E-state index contributed by atoms with van der Waals surface area (Å²) in [6.45, 7) is 8.89. The van der Waals surface area contributed by atoms with Crippen molar-refractivity contribution < 1.29 is 33.2 Å². The fourth-order valence-electron chi connectivity index (χ4n) is 3.10. The normalized spacial score (nSPS) is 11.4. The van der Waals surface area contributed by atoms with Crippen molar-refractivity contribution in [1.29, 1.82) is 0 Å². The number of nitrogens with zero attached hydrogens (tertiary/aromatic N) is 1. The predicted molar refractivity (Wildman–Crippen MR) is 135 cm³/mol. The van der Waals surface area contributed by atoms with Gasteiger partial charge in [-0.15, -0.1) is 0 Å². The average molecular weight is 492 g/mol. The van der Waals surface area contributed by atoms with Crippen LogP contribution in [-0.2, 0) is 33.2 Å². The highest BCUT2D eigenvalue weighted by Crippen LogP contribution is 2.10. The van der Waals surface area contributed by atoms with Gasteiger partial charge in [0.15, 0.2) is 0 Å². The Bertz CT molecular complexity index is 411. The van der Waals surface area contributed by atoms with E-state index in [1.807, 2.05) is 14.1 Å². The van der Waals surface area contributed by atoms with Crippen LogP contribution in [0.1, 0.15) is 71.1 Å². The Hall–Kier alpha value is -0.770. The summed E-state index contributed by atoms with van der Waals surface area (Å²) < 4.78 is 32.4. The molecule has 0 amide bonds. The van der Waals surface area contributed by atoms with Crippen LogP contribution in [-0.4, -0.2) is 104 Å². The van der Waals surface area contributed by atoms with Crippen LogP contribution in [0.2, 0.25) is 0 Å². The fraction of sp³-hybridized carbons (Fsp3) is 0.962. The first-order valence-corrected chi connectivity index (χ1v) is 13.4. The molecule has 0 aliphatic rings. The molecule has 0 radical (unpaired) electrons. The summed E-state index contributed by atoms with van der Waals surface area (Å²) >= 11 is 0. The zero-order valence-corrected chi connectivity index (χ0v) is 22.4. The number of hydrogen-bond donors (Lipinski definition) is 0. The lowest BCUT2D eigenvalue weighted by Gasteiger charge is -2.10. The van der Waals surface area contributed by atoms with Crippen molar-refractivity contribution in [1.82, 2.24) is 4.90 Å². The standard InChI is InChI=1S/C26H53NO7/c1-4-5-6-7-8-9-10-11-12-13-26(28)34-25-24-33-23-22-32-21-20-31-19-18-30-17-16-29-15-14-27(2)3/h4-25H2,1-3H3. The Balaban J connectivity index is 3.13. The van der Waals surface area contributed by atoms with Crippen molar-refractivity contribution >= 4 is 5.97 Å². The van der Waals surface area contributed by atoms with Gasteiger partial charge in [0.2, 0.25) is 0 Å². The van der Waals surface area contributed by atoms with E-state index >= 15 is 0 Å². The molecular formula is C26H53NO7. The molecule has 0 aromatic heterocycles. The molecule has 0 aromatic rings. The molecule has 0 heterocycles. The molecule has 0 aliphatic carbocycles. The Morgan fingerprint density at radius 1 is 0.529 bits per heavy atom. The van der Waals surface area contributed by atoms with Gasteiger partial charge in [0.1, 0.15) is 6.61 Å². The van der Waals surface area contributed by atoms with Crippen LogP contribution in [0.4, 0.5) is 0 Å². The van der Waals surface area contributed by atoms with E-state index in [0.717, 1.165) is 26.0 Å². The smallest absolute Gasteiger partial charge is 0.305 e. The summed E-state index contributed by atoms with van der Waals surface area (Å²) in [5, 5.41) is 0. The molecular weight excluding hydrogens is 438 g/mol. The van der Waals surface area contributed by atoms with Crippen LogP contribution in [0.3, 0.4) is 0 Å². The van der Waals surface area contributed by atoms with E-state index < -0.39 is 0 Å². The lowest BCUT2D eigenvalue weighted by Crippen LogP contribution is -2.19. The minimum Gasteiger partial charge on any atom is -0.463 e. The monoisotopic (exact) mass is 491 g/mol. The van der Waals surface area contributed by atoms with E-state index in [1.54, 1.807) is 0 Å². The lowest BCUT2D eigenvalue weighted by molar-refractivity contribution is -0.145. The summed E-state index contributed by atoms with van der Waals surface area (Å²) in [4.78, 5) is 13.8. The maximum atomic E-state index is 11.7. The van der Waals surface area contributed by atoms with Gasteiger partial charge >= 0.3 is 5.97 Å². The molecule has 34 heavy (non-hydrogen) atoms. The lowest BCUT2D eigenvalue weighted by atomic mass is 10.1. The number of rotatable bonds is 28. The van der Waals surface area contributed by atoms with E-state index in [0.29, 0.717) is 72.5 Å². The largest absolute Gasteiger partial charge is 0.463 e. The predicted octanol–water partition coefficient (Wildman–Crippen LogP) is 4.10. The number of esters is 1. The molecule has 0 saturated carbocycles. The highest BCUT2D eigenvalue weighted by Gasteiger charge is 2.02. The molecule has 8 heteroatoms. The van der Waals surface area contributed by atoms with E-state index in [1.165, 1.54) is 44.9 Å². The van der Waals surface area contributed by atoms with Crippen LogP contribution in [0.25, 0.3) is 0 Å². The molecule has 0 rings (SSSR count). The topological polar surface area (TPSA) is 75.7 Å². The van der Waals surface area contributed by atoms with Gasteiger partial charge in [0, 0.05) is 13.0 Å². The zero-order chi connectivity index (χ0) is 25.0. The first-order chi connectivity index (χ1) is 16.7. The molecule has 0 spiro atoms. The van der Waals surface area contributed by atoms with Crippen molar-refractivity contribution in [2.45, 2.75) is 71.1 Å². The summed E-state index contributed by atoms with van der Waals surface area (Å²) in [6, 6.07) is 0. The second kappa shape index (κ2) is 28.5. The molecule has 0 bridgehead atoms. The number of unbranched alkanes of at least 4 members (excludes halogenated alkanes) is 8. The van der Waals surface area contributed by atoms with E-state index in [-0.39, 0.29) is 5.97 Å². The van der Waals surface area contributed by atoms with Gasteiger partial charge in [-0.3, -0.25) is 4.79 Å². The molecule has 0 N–H and O–H groups in total. The molecule has 0 aliphatic heterocycles. The second-order valence-corrected chi connectivity index (χ2v) is 8.66. The van der Waals surface area contributed by atoms with Gasteiger partial charge in [-0.05, 0) is 20.5 Å². The van der Waals surface area contributed by atoms with E-state index in [4.69, 9.17) is 28.4 Å². The Kier molecular flexibility index (Phi) is 27.8. The summed E-state index contributed by atoms with van der Waals surface area (Å²) in [5.74, 6) is -0.124. The van der Waals surface area contributed by atoms with Gasteiger partial charge in [0.25, 0.3) is 0 Å². The highest BCUT2D eigenvalue weighted by molar-refractivity contribution is 5.69. The first-order valence-electron chi connectivity index (χ1n) is 13.4. The number of ether oxygens (including phenoxy) is 6. The first kappa shape index (κ1) is 33.2. The SMILES string of the molecule is CCCCCCCCCCCC(=O)OCCOCCOCCOCCOCCOCCN(C)C. The van der Waals surface area contributed by atoms with E-state index in [2.05, 4.69) is 11.8 Å².